The van der Waals surface area contributed by atoms with E-state index >= 15 is 0 Å². The lowest BCUT2D eigenvalue weighted by Gasteiger charge is -2.34. The Hall–Kier alpha value is -2.17. The molecule has 0 atom stereocenters. The number of carbonyl (C=O) groups is 1. The molecular weight excluding hydrogens is 288 g/mol. The molecule has 0 radical (unpaired) electrons. The highest BCUT2D eigenvalue weighted by molar-refractivity contribution is 5.92. The Morgan fingerprint density at radius 1 is 1.35 bits per heavy atom. The Balaban J connectivity index is 1.85. The van der Waals surface area contributed by atoms with Gasteiger partial charge in [0.15, 0.2) is 5.69 Å². The number of aryl methyl sites for hydroxylation is 2. The predicted molar refractivity (Wildman–Crippen MR) is 88.9 cm³/mol. The van der Waals surface area contributed by atoms with Crippen molar-refractivity contribution in [2.75, 3.05) is 0 Å². The van der Waals surface area contributed by atoms with Gasteiger partial charge < -0.3 is 4.90 Å². The van der Waals surface area contributed by atoms with Crippen molar-refractivity contribution < 1.29 is 4.79 Å². The Bertz CT molecular complexity index is 639. The molecule has 0 aromatic carbocycles. The molecule has 122 valence electrons. The maximum absolute atomic E-state index is 13.0. The first-order valence-corrected chi connectivity index (χ1v) is 8.35. The Kier molecular flexibility index (Phi) is 4.74. The van der Waals surface area contributed by atoms with Crippen molar-refractivity contribution in [3.63, 3.8) is 0 Å². The number of pyridine rings is 1. The van der Waals surface area contributed by atoms with Crippen molar-refractivity contribution in [3.8, 4) is 0 Å². The zero-order chi connectivity index (χ0) is 16.2. The molecule has 1 aliphatic carbocycles. The lowest BCUT2D eigenvalue weighted by Crippen LogP contribution is -2.41. The van der Waals surface area contributed by atoms with Crippen LogP contribution >= 0.6 is 0 Å². The van der Waals surface area contributed by atoms with Gasteiger partial charge in [-0.25, -0.2) is 0 Å². The van der Waals surface area contributed by atoms with Crippen LogP contribution in [0.2, 0.25) is 0 Å². The molecule has 0 spiro atoms. The van der Waals surface area contributed by atoms with Crippen LogP contribution in [0.15, 0.2) is 30.6 Å². The summed E-state index contributed by atoms with van der Waals surface area (Å²) in [5.74, 6) is 0.0319. The molecule has 5 nitrogen and oxygen atoms in total. The molecule has 1 fully saturated rings. The standard InChI is InChI=1S/C18H24N4O/c1-14-11-17(20-21(14)2)18(23)22(16-8-4-3-5-9-16)13-15-7-6-10-19-12-15/h6-7,10-12,16H,3-5,8-9,13H2,1-2H3. The van der Waals surface area contributed by atoms with Crippen molar-refractivity contribution >= 4 is 5.91 Å². The average Bonchev–Trinajstić information content (AvgIpc) is 2.93. The van der Waals surface area contributed by atoms with E-state index in [-0.39, 0.29) is 5.91 Å². The van der Waals surface area contributed by atoms with Gasteiger partial charge in [-0.05, 0) is 37.5 Å². The summed E-state index contributed by atoms with van der Waals surface area (Å²) < 4.78 is 1.76. The summed E-state index contributed by atoms with van der Waals surface area (Å²) in [6.07, 6.45) is 9.43. The van der Waals surface area contributed by atoms with Gasteiger partial charge in [-0.1, -0.05) is 25.3 Å². The van der Waals surface area contributed by atoms with Gasteiger partial charge in [0.25, 0.3) is 5.91 Å². The van der Waals surface area contributed by atoms with Crippen LogP contribution in [-0.2, 0) is 13.6 Å². The maximum atomic E-state index is 13.0. The van der Waals surface area contributed by atoms with Crippen LogP contribution in [0.3, 0.4) is 0 Å². The van der Waals surface area contributed by atoms with Crippen molar-refractivity contribution in [2.24, 2.45) is 7.05 Å². The van der Waals surface area contributed by atoms with Crippen molar-refractivity contribution in [3.05, 3.63) is 47.5 Å². The highest BCUT2D eigenvalue weighted by Gasteiger charge is 2.28. The second-order valence-electron chi connectivity index (χ2n) is 6.38. The third-order valence-corrected chi connectivity index (χ3v) is 4.68. The second-order valence-corrected chi connectivity index (χ2v) is 6.38. The fraction of sp³-hybridized carbons (Fsp3) is 0.500. The minimum atomic E-state index is 0.0319. The Labute approximate surface area is 137 Å². The lowest BCUT2D eigenvalue weighted by atomic mass is 9.93. The molecule has 0 aliphatic heterocycles. The molecule has 23 heavy (non-hydrogen) atoms. The molecule has 1 aliphatic rings. The number of nitrogens with zero attached hydrogens (tertiary/aromatic N) is 4. The average molecular weight is 312 g/mol. The normalized spacial score (nSPS) is 15.6. The summed E-state index contributed by atoms with van der Waals surface area (Å²) in [5.41, 5.74) is 2.61. The first-order valence-electron chi connectivity index (χ1n) is 8.35. The number of carbonyl (C=O) groups excluding carboxylic acids is 1. The molecule has 1 saturated carbocycles. The van der Waals surface area contributed by atoms with Gasteiger partial charge in [0.2, 0.25) is 0 Å². The van der Waals surface area contributed by atoms with Crippen LogP contribution < -0.4 is 0 Å². The molecule has 2 aromatic heterocycles. The number of amides is 1. The third-order valence-electron chi connectivity index (χ3n) is 4.68. The van der Waals surface area contributed by atoms with Crippen molar-refractivity contribution in [1.29, 1.82) is 0 Å². The van der Waals surface area contributed by atoms with E-state index in [0.29, 0.717) is 18.3 Å². The van der Waals surface area contributed by atoms with Gasteiger partial charge in [-0.3, -0.25) is 14.5 Å². The first-order chi connectivity index (χ1) is 11.1. The highest BCUT2D eigenvalue weighted by atomic mass is 16.2. The fourth-order valence-electron chi connectivity index (χ4n) is 3.26. The monoisotopic (exact) mass is 312 g/mol. The fourth-order valence-corrected chi connectivity index (χ4v) is 3.26. The topological polar surface area (TPSA) is 51.0 Å². The van der Waals surface area contributed by atoms with Gasteiger partial charge in [0.1, 0.15) is 0 Å². The van der Waals surface area contributed by atoms with Crippen LogP contribution in [-0.4, -0.2) is 31.6 Å². The minimum absolute atomic E-state index is 0.0319. The summed E-state index contributed by atoms with van der Waals surface area (Å²) in [5, 5.41) is 4.38. The smallest absolute Gasteiger partial charge is 0.274 e. The number of hydrogen-bond donors (Lipinski definition) is 0. The molecular formula is C18H24N4O. The molecule has 5 heteroatoms. The minimum Gasteiger partial charge on any atom is -0.330 e. The molecule has 2 heterocycles. The Morgan fingerprint density at radius 2 is 2.13 bits per heavy atom. The lowest BCUT2D eigenvalue weighted by molar-refractivity contribution is 0.0607. The van der Waals surface area contributed by atoms with E-state index in [9.17, 15) is 4.79 Å². The van der Waals surface area contributed by atoms with Crippen LogP contribution in [0.25, 0.3) is 0 Å². The summed E-state index contributed by atoms with van der Waals surface area (Å²) in [4.78, 5) is 19.2. The van der Waals surface area contributed by atoms with E-state index in [1.165, 1.54) is 19.3 Å². The zero-order valence-corrected chi connectivity index (χ0v) is 13.9. The second kappa shape index (κ2) is 6.94. The van der Waals surface area contributed by atoms with E-state index in [2.05, 4.69) is 10.1 Å². The predicted octanol–water partition coefficient (Wildman–Crippen LogP) is 3.10. The van der Waals surface area contributed by atoms with Gasteiger partial charge in [-0.15, -0.1) is 0 Å². The van der Waals surface area contributed by atoms with E-state index < -0.39 is 0 Å². The summed E-state index contributed by atoms with van der Waals surface area (Å²) in [7, 11) is 1.87. The maximum Gasteiger partial charge on any atom is 0.274 e. The number of aromatic nitrogens is 3. The Morgan fingerprint density at radius 3 is 2.74 bits per heavy atom. The van der Waals surface area contributed by atoms with Gasteiger partial charge in [-0.2, -0.15) is 5.10 Å². The largest absolute Gasteiger partial charge is 0.330 e. The molecule has 2 aromatic rings. The van der Waals surface area contributed by atoms with Gasteiger partial charge >= 0.3 is 0 Å². The van der Waals surface area contributed by atoms with Crippen LogP contribution in [0.1, 0.15) is 53.8 Å². The van der Waals surface area contributed by atoms with E-state index in [4.69, 9.17) is 0 Å². The van der Waals surface area contributed by atoms with Crippen molar-refractivity contribution in [1.82, 2.24) is 19.7 Å². The molecule has 1 amide bonds. The van der Waals surface area contributed by atoms with Gasteiger partial charge in [0, 0.05) is 37.7 Å². The molecule has 0 saturated heterocycles. The van der Waals surface area contributed by atoms with Crippen LogP contribution in [0.4, 0.5) is 0 Å². The van der Waals surface area contributed by atoms with Gasteiger partial charge in [0.05, 0.1) is 0 Å². The molecule has 0 bridgehead atoms. The number of hydrogen-bond acceptors (Lipinski definition) is 3. The SMILES string of the molecule is Cc1cc(C(=O)N(Cc2cccnc2)C2CCCCC2)nn1C. The molecule has 0 N–H and O–H groups in total. The third kappa shape index (κ3) is 3.60. The zero-order valence-electron chi connectivity index (χ0n) is 13.9. The van der Waals surface area contributed by atoms with E-state index in [0.717, 1.165) is 24.1 Å². The summed E-state index contributed by atoms with van der Waals surface area (Å²) >= 11 is 0. The first kappa shape index (κ1) is 15.7. The van der Waals surface area contributed by atoms with Crippen LogP contribution in [0.5, 0.6) is 0 Å². The number of rotatable bonds is 4. The van der Waals surface area contributed by atoms with Crippen molar-refractivity contribution in [2.45, 2.75) is 51.6 Å². The highest BCUT2D eigenvalue weighted by Crippen LogP contribution is 2.25. The summed E-state index contributed by atoms with van der Waals surface area (Å²) in [6, 6.07) is 6.13. The summed E-state index contributed by atoms with van der Waals surface area (Å²) in [6.45, 7) is 2.57. The molecule has 3 rings (SSSR count). The van der Waals surface area contributed by atoms with E-state index in [1.807, 2.05) is 43.3 Å². The molecule has 0 unspecified atom stereocenters. The van der Waals surface area contributed by atoms with Crippen LogP contribution in [0, 0.1) is 6.92 Å². The quantitative estimate of drug-likeness (QED) is 0.871. The van der Waals surface area contributed by atoms with E-state index in [1.54, 1.807) is 10.9 Å².